The van der Waals surface area contributed by atoms with Gasteiger partial charge in [0.05, 0.1) is 21.1 Å². The van der Waals surface area contributed by atoms with Crippen LogP contribution in [0.4, 0.5) is 5.69 Å². The standard InChI is InChI=1S/C21H22ClN5O5S/c22-16-9-8-15(33(30,31)26-10-4-1-5-11-26)12-18(16)23-20(28)14-32-21(29)13-27-19-7-3-2-6-17(19)24-25-27/h2-3,6-9,12H,1,4-5,10-11,13-14H2,(H,23,28). The van der Waals surface area contributed by atoms with Crippen molar-refractivity contribution in [2.45, 2.75) is 30.7 Å². The average Bonchev–Trinajstić information content (AvgIpc) is 3.22. The normalized spacial score (nSPS) is 14.8. The van der Waals surface area contributed by atoms with Crippen LogP contribution in [0.5, 0.6) is 0 Å². The molecule has 4 rings (SSSR count). The molecule has 0 radical (unpaired) electrons. The molecule has 0 atom stereocenters. The van der Waals surface area contributed by atoms with Gasteiger partial charge in [0, 0.05) is 13.1 Å². The Labute approximate surface area is 195 Å². The summed E-state index contributed by atoms with van der Waals surface area (Å²) in [6, 6.07) is 11.3. The summed E-state index contributed by atoms with van der Waals surface area (Å²) >= 11 is 6.14. The molecule has 1 amide bonds. The Bertz CT molecular complexity index is 1290. The van der Waals surface area contributed by atoms with Gasteiger partial charge in [-0.25, -0.2) is 13.1 Å². The zero-order valence-electron chi connectivity index (χ0n) is 17.6. The molecule has 0 aliphatic carbocycles. The summed E-state index contributed by atoms with van der Waals surface area (Å²) in [5.41, 5.74) is 1.42. The first kappa shape index (κ1) is 23.1. The number of nitrogens with zero attached hydrogens (tertiary/aromatic N) is 4. The van der Waals surface area contributed by atoms with Gasteiger partial charge in [-0.3, -0.25) is 9.59 Å². The lowest BCUT2D eigenvalue weighted by Gasteiger charge is -2.26. The van der Waals surface area contributed by atoms with Crippen LogP contribution in [0.15, 0.2) is 47.4 Å². The lowest BCUT2D eigenvalue weighted by molar-refractivity contribution is -0.148. The maximum absolute atomic E-state index is 12.9. The van der Waals surface area contributed by atoms with Gasteiger partial charge in [0.25, 0.3) is 5.91 Å². The highest BCUT2D eigenvalue weighted by atomic mass is 35.5. The Morgan fingerprint density at radius 1 is 1.09 bits per heavy atom. The molecule has 33 heavy (non-hydrogen) atoms. The highest BCUT2D eigenvalue weighted by Gasteiger charge is 2.26. The lowest BCUT2D eigenvalue weighted by atomic mass is 10.2. The monoisotopic (exact) mass is 491 g/mol. The van der Waals surface area contributed by atoms with Crippen molar-refractivity contribution in [2.75, 3.05) is 25.0 Å². The Morgan fingerprint density at radius 2 is 1.85 bits per heavy atom. The fourth-order valence-corrected chi connectivity index (χ4v) is 5.26. The summed E-state index contributed by atoms with van der Waals surface area (Å²) in [5, 5.41) is 10.5. The number of rotatable bonds is 7. The van der Waals surface area contributed by atoms with E-state index < -0.39 is 28.5 Å². The average molecular weight is 492 g/mol. The number of para-hydroxylation sites is 1. The summed E-state index contributed by atoms with van der Waals surface area (Å²) < 4.78 is 33.6. The van der Waals surface area contributed by atoms with Crippen molar-refractivity contribution in [3.8, 4) is 0 Å². The van der Waals surface area contributed by atoms with Crippen LogP contribution in [-0.4, -0.2) is 59.3 Å². The molecule has 1 fully saturated rings. The number of amides is 1. The van der Waals surface area contributed by atoms with Crippen LogP contribution in [-0.2, 0) is 30.9 Å². The van der Waals surface area contributed by atoms with Crippen molar-refractivity contribution < 1.29 is 22.7 Å². The zero-order chi connectivity index (χ0) is 23.4. The molecule has 0 bridgehead atoms. The first-order chi connectivity index (χ1) is 15.8. The number of ether oxygens (including phenoxy) is 1. The van der Waals surface area contributed by atoms with Gasteiger partial charge in [-0.05, 0) is 43.2 Å². The second kappa shape index (κ2) is 9.86. The molecule has 3 aromatic rings. The van der Waals surface area contributed by atoms with Crippen molar-refractivity contribution in [3.63, 3.8) is 0 Å². The molecule has 174 valence electrons. The summed E-state index contributed by atoms with van der Waals surface area (Å²) in [5.74, 6) is -1.32. The molecule has 1 aromatic heterocycles. The number of halogens is 1. The van der Waals surface area contributed by atoms with Crippen LogP contribution in [0.1, 0.15) is 19.3 Å². The van der Waals surface area contributed by atoms with E-state index in [9.17, 15) is 18.0 Å². The van der Waals surface area contributed by atoms with Gasteiger partial charge in [0.1, 0.15) is 12.1 Å². The fourth-order valence-electron chi connectivity index (χ4n) is 3.55. The molecule has 0 unspecified atom stereocenters. The minimum atomic E-state index is -3.69. The SMILES string of the molecule is O=C(COC(=O)Cn1nnc2ccccc21)Nc1cc(S(=O)(=O)N2CCCCC2)ccc1Cl. The third-order valence-corrected chi connectivity index (χ3v) is 7.45. The van der Waals surface area contributed by atoms with Crippen LogP contribution in [0.2, 0.25) is 5.02 Å². The number of carbonyl (C=O) groups is 2. The molecule has 0 saturated carbocycles. The second-order valence-corrected chi connectivity index (χ2v) is 9.90. The molecular formula is C21H22ClN5O5S. The third kappa shape index (κ3) is 5.32. The van der Waals surface area contributed by atoms with Crippen molar-refractivity contribution in [1.82, 2.24) is 19.3 Å². The molecule has 10 nitrogen and oxygen atoms in total. The minimum absolute atomic E-state index is 0.0409. The number of hydrogen-bond donors (Lipinski definition) is 1. The molecule has 2 heterocycles. The van der Waals surface area contributed by atoms with Crippen molar-refractivity contribution in [3.05, 3.63) is 47.5 Å². The topological polar surface area (TPSA) is 123 Å². The highest BCUT2D eigenvalue weighted by molar-refractivity contribution is 7.89. The first-order valence-corrected chi connectivity index (χ1v) is 12.2. The molecule has 1 saturated heterocycles. The number of benzene rings is 2. The number of piperidine rings is 1. The van der Waals surface area contributed by atoms with Gasteiger partial charge in [0.15, 0.2) is 6.61 Å². The number of hydrogen-bond acceptors (Lipinski definition) is 7. The first-order valence-electron chi connectivity index (χ1n) is 10.4. The molecule has 0 spiro atoms. The van der Waals surface area contributed by atoms with Crippen LogP contribution >= 0.6 is 11.6 Å². The predicted molar refractivity (Wildman–Crippen MR) is 121 cm³/mol. The van der Waals surface area contributed by atoms with E-state index in [1.54, 1.807) is 18.2 Å². The van der Waals surface area contributed by atoms with Crippen molar-refractivity contribution in [2.24, 2.45) is 0 Å². The fraction of sp³-hybridized carbons (Fsp3) is 0.333. The van der Waals surface area contributed by atoms with E-state index in [-0.39, 0.29) is 22.2 Å². The third-order valence-electron chi connectivity index (χ3n) is 5.23. The number of anilines is 1. The smallest absolute Gasteiger partial charge is 0.328 e. The van der Waals surface area contributed by atoms with E-state index >= 15 is 0 Å². The maximum atomic E-state index is 12.9. The predicted octanol–water partition coefficient (Wildman–Crippen LogP) is 2.44. The van der Waals surface area contributed by atoms with Gasteiger partial charge < -0.3 is 10.1 Å². The number of carbonyl (C=O) groups excluding carboxylic acids is 2. The molecule has 2 aromatic carbocycles. The Morgan fingerprint density at radius 3 is 2.64 bits per heavy atom. The number of fused-ring (bicyclic) bond motifs is 1. The number of aromatic nitrogens is 3. The molecule has 12 heteroatoms. The van der Waals surface area contributed by atoms with E-state index in [0.29, 0.717) is 24.1 Å². The van der Waals surface area contributed by atoms with E-state index in [2.05, 4.69) is 15.6 Å². The second-order valence-electron chi connectivity index (χ2n) is 7.55. The van der Waals surface area contributed by atoms with Gasteiger partial charge in [-0.15, -0.1) is 5.10 Å². The van der Waals surface area contributed by atoms with Crippen LogP contribution in [0, 0.1) is 0 Å². The van der Waals surface area contributed by atoms with Crippen LogP contribution in [0.3, 0.4) is 0 Å². The Balaban J connectivity index is 1.37. The highest BCUT2D eigenvalue weighted by Crippen LogP contribution is 2.28. The summed E-state index contributed by atoms with van der Waals surface area (Å²) in [4.78, 5) is 24.5. The zero-order valence-corrected chi connectivity index (χ0v) is 19.2. The van der Waals surface area contributed by atoms with Crippen molar-refractivity contribution in [1.29, 1.82) is 0 Å². The minimum Gasteiger partial charge on any atom is -0.454 e. The van der Waals surface area contributed by atoms with Crippen molar-refractivity contribution >= 4 is 50.2 Å². The summed E-state index contributed by atoms with van der Waals surface area (Å²) in [6.07, 6.45) is 2.62. The van der Waals surface area contributed by atoms with E-state index in [0.717, 1.165) is 19.3 Å². The number of sulfonamides is 1. The van der Waals surface area contributed by atoms with Gasteiger partial charge in [-0.2, -0.15) is 4.31 Å². The Kier molecular flexibility index (Phi) is 6.91. The van der Waals surface area contributed by atoms with Gasteiger partial charge in [0.2, 0.25) is 10.0 Å². The summed E-state index contributed by atoms with van der Waals surface area (Å²) in [6.45, 7) is 0.149. The van der Waals surface area contributed by atoms with Gasteiger partial charge in [-0.1, -0.05) is 35.4 Å². The molecule has 1 aliphatic heterocycles. The lowest BCUT2D eigenvalue weighted by Crippen LogP contribution is -2.35. The molecule has 1 aliphatic rings. The molecular weight excluding hydrogens is 470 g/mol. The van der Waals surface area contributed by atoms with E-state index in [4.69, 9.17) is 16.3 Å². The largest absolute Gasteiger partial charge is 0.454 e. The number of esters is 1. The van der Waals surface area contributed by atoms with E-state index in [1.165, 1.54) is 27.2 Å². The van der Waals surface area contributed by atoms with E-state index in [1.807, 2.05) is 6.07 Å². The Hall–Kier alpha value is -3.02. The summed E-state index contributed by atoms with van der Waals surface area (Å²) in [7, 11) is -3.69. The maximum Gasteiger partial charge on any atom is 0.328 e. The number of nitrogens with one attached hydrogen (secondary N) is 1. The molecule has 1 N–H and O–H groups in total. The quantitative estimate of drug-likeness (QED) is 0.503. The van der Waals surface area contributed by atoms with Crippen LogP contribution in [0.25, 0.3) is 11.0 Å². The van der Waals surface area contributed by atoms with Crippen LogP contribution < -0.4 is 5.32 Å². The van der Waals surface area contributed by atoms with Gasteiger partial charge >= 0.3 is 5.97 Å².